The van der Waals surface area contributed by atoms with Crippen molar-refractivity contribution in [1.29, 1.82) is 0 Å². The summed E-state index contributed by atoms with van der Waals surface area (Å²) >= 11 is 5.02. The van der Waals surface area contributed by atoms with E-state index >= 15 is 0 Å². The largest absolute Gasteiger partial charge is 0.497 e. The molecule has 0 amide bonds. The molecule has 0 aliphatic heterocycles. The van der Waals surface area contributed by atoms with Crippen molar-refractivity contribution >= 4 is 43.1 Å². The van der Waals surface area contributed by atoms with E-state index in [0.29, 0.717) is 5.56 Å². The summed E-state index contributed by atoms with van der Waals surface area (Å²) < 4.78 is 12.6. The molecule has 3 aromatic carbocycles. The van der Waals surface area contributed by atoms with Crippen LogP contribution in [0.1, 0.15) is 15.9 Å². The second kappa shape index (κ2) is 7.78. The first-order valence-corrected chi connectivity index (χ1v) is 10.3. The van der Waals surface area contributed by atoms with Crippen molar-refractivity contribution in [2.24, 2.45) is 0 Å². The Bertz CT molecular complexity index is 1150. The molecule has 0 aliphatic rings. The zero-order valence-electron chi connectivity index (χ0n) is 15.4. The van der Waals surface area contributed by atoms with Crippen molar-refractivity contribution in [2.75, 3.05) is 14.2 Å². The minimum atomic E-state index is 0.00901. The van der Waals surface area contributed by atoms with E-state index in [0.717, 1.165) is 42.1 Å². The molecule has 0 unspecified atom stereocenters. The molecule has 0 atom stereocenters. The fourth-order valence-electron chi connectivity index (χ4n) is 3.12. The van der Waals surface area contributed by atoms with Gasteiger partial charge in [0.25, 0.3) is 0 Å². The zero-order chi connectivity index (χ0) is 19.7. The number of thiophene rings is 1. The summed E-state index contributed by atoms with van der Waals surface area (Å²) in [6, 6.07) is 21.1. The van der Waals surface area contributed by atoms with Crippen LogP contribution in [0, 0.1) is 0 Å². The average Bonchev–Trinajstić information content (AvgIpc) is 3.12. The smallest absolute Gasteiger partial charge is 0.195 e. The van der Waals surface area contributed by atoms with Crippen LogP contribution < -0.4 is 9.47 Å². The van der Waals surface area contributed by atoms with Gasteiger partial charge in [-0.15, -0.1) is 11.3 Å². The van der Waals surface area contributed by atoms with Crippen molar-refractivity contribution < 1.29 is 14.3 Å². The highest BCUT2D eigenvalue weighted by Gasteiger charge is 2.22. The normalized spacial score (nSPS) is 10.8. The summed E-state index contributed by atoms with van der Waals surface area (Å²) in [5, 5.41) is 0.935. The van der Waals surface area contributed by atoms with Crippen LogP contribution in [0.4, 0.5) is 0 Å². The Morgan fingerprint density at radius 2 is 1.50 bits per heavy atom. The first-order valence-electron chi connectivity index (χ1n) is 8.66. The van der Waals surface area contributed by atoms with Gasteiger partial charge in [0.05, 0.1) is 14.2 Å². The van der Waals surface area contributed by atoms with Crippen LogP contribution in [0.5, 0.6) is 11.5 Å². The number of halogens is 1. The van der Waals surface area contributed by atoms with E-state index < -0.39 is 0 Å². The monoisotopic (exact) mass is 452 g/mol. The average molecular weight is 453 g/mol. The van der Waals surface area contributed by atoms with E-state index in [-0.39, 0.29) is 5.78 Å². The second-order valence-corrected chi connectivity index (χ2v) is 8.20. The third kappa shape index (κ3) is 3.43. The number of carbonyl (C=O) groups excluding carboxylic acids is 1. The number of fused-ring (bicyclic) bond motifs is 1. The van der Waals surface area contributed by atoms with Gasteiger partial charge in [0.2, 0.25) is 0 Å². The summed E-state index contributed by atoms with van der Waals surface area (Å²) in [6.07, 6.45) is 0. The first kappa shape index (κ1) is 18.7. The van der Waals surface area contributed by atoms with Crippen molar-refractivity contribution in [3.8, 4) is 21.9 Å². The van der Waals surface area contributed by atoms with Crippen LogP contribution >= 0.6 is 27.3 Å². The molecule has 0 spiro atoms. The SMILES string of the molecule is COc1ccc(-c2sc3cc(OC)ccc3c2C(=O)c2ccc(Br)cc2)cc1. The molecule has 0 radical (unpaired) electrons. The minimum absolute atomic E-state index is 0.00901. The van der Waals surface area contributed by atoms with Crippen LogP contribution in [0.2, 0.25) is 0 Å². The maximum atomic E-state index is 13.4. The Kier molecular flexibility index (Phi) is 5.20. The van der Waals surface area contributed by atoms with Gasteiger partial charge in [-0.3, -0.25) is 4.79 Å². The van der Waals surface area contributed by atoms with Gasteiger partial charge in [-0.25, -0.2) is 0 Å². The number of carbonyl (C=O) groups is 1. The van der Waals surface area contributed by atoms with E-state index in [1.807, 2.05) is 66.7 Å². The summed E-state index contributed by atoms with van der Waals surface area (Å²) in [4.78, 5) is 14.4. The molecule has 0 saturated carbocycles. The molecular weight excluding hydrogens is 436 g/mol. The van der Waals surface area contributed by atoms with Crippen molar-refractivity contribution in [3.05, 3.63) is 82.3 Å². The summed E-state index contributed by atoms with van der Waals surface area (Å²) in [5.41, 5.74) is 2.37. The maximum absolute atomic E-state index is 13.4. The second-order valence-electron chi connectivity index (χ2n) is 6.23. The molecule has 140 valence electrons. The van der Waals surface area contributed by atoms with E-state index in [9.17, 15) is 4.79 Å². The molecule has 3 nitrogen and oxygen atoms in total. The van der Waals surface area contributed by atoms with Crippen molar-refractivity contribution in [2.45, 2.75) is 0 Å². The van der Waals surface area contributed by atoms with Crippen LogP contribution in [0.15, 0.2) is 71.2 Å². The van der Waals surface area contributed by atoms with Gasteiger partial charge in [-0.2, -0.15) is 0 Å². The number of hydrogen-bond acceptors (Lipinski definition) is 4. The van der Waals surface area contributed by atoms with Crippen LogP contribution in [0.25, 0.3) is 20.5 Å². The first-order chi connectivity index (χ1) is 13.6. The molecule has 4 aromatic rings. The van der Waals surface area contributed by atoms with Crippen molar-refractivity contribution in [1.82, 2.24) is 0 Å². The van der Waals surface area contributed by atoms with Crippen LogP contribution in [0.3, 0.4) is 0 Å². The number of hydrogen-bond donors (Lipinski definition) is 0. The molecule has 0 aliphatic carbocycles. The summed E-state index contributed by atoms with van der Waals surface area (Å²) in [5.74, 6) is 1.57. The standard InChI is InChI=1S/C23H17BrO3S/c1-26-17-9-5-15(6-10-17)23-21(22(25)14-3-7-16(24)8-4-14)19-12-11-18(27-2)13-20(19)28-23/h3-13H,1-2H3. The quantitative estimate of drug-likeness (QED) is 0.320. The fraction of sp³-hybridized carbons (Fsp3) is 0.0870. The highest BCUT2D eigenvalue weighted by molar-refractivity contribution is 9.10. The minimum Gasteiger partial charge on any atom is -0.497 e. The Morgan fingerprint density at radius 3 is 2.14 bits per heavy atom. The number of ether oxygens (including phenoxy) is 2. The molecule has 28 heavy (non-hydrogen) atoms. The van der Waals surface area contributed by atoms with Gasteiger partial charge in [-0.1, -0.05) is 15.9 Å². The van der Waals surface area contributed by atoms with Gasteiger partial charge in [0.15, 0.2) is 5.78 Å². The van der Waals surface area contributed by atoms with Crippen LogP contribution in [-0.4, -0.2) is 20.0 Å². The van der Waals surface area contributed by atoms with Gasteiger partial charge >= 0.3 is 0 Å². The third-order valence-electron chi connectivity index (χ3n) is 4.58. The van der Waals surface area contributed by atoms with Gasteiger partial charge in [-0.05, 0) is 72.3 Å². The van der Waals surface area contributed by atoms with E-state index in [1.165, 1.54) is 0 Å². The molecule has 0 bridgehead atoms. The van der Waals surface area contributed by atoms with Gasteiger partial charge in [0, 0.05) is 30.6 Å². The number of rotatable bonds is 5. The molecule has 5 heteroatoms. The lowest BCUT2D eigenvalue weighted by molar-refractivity contribution is 0.104. The number of methoxy groups -OCH3 is 2. The predicted molar refractivity (Wildman–Crippen MR) is 118 cm³/mol. The molecule has 0 saturated heterocycles. The summed E-state index contributed by atoms with van der Waals surface area (Å²) in [6.45, 7) is 0. The Morgan fingerprint density at radius 1 is 0.857 bits per heavy atom. The Balaban J connectivity index is 1.92. The lowest BCUT2D eigenvalue weighted by atomic mass is 9.97. The topological polar surface area (TPSA) is 35.5 Å². The highest BCUT2D eigenvalue weighted by atomic mass is 79.9. The predicted octanol–water partition coefficient (Wildman–Crippen LogP) is 6.58. The molecule has 1 heterocycles. The van der Waals surface area contributed by atoms with E-state index in [2.05, 4.69) is 15.9 Å². The number of benzene rings is 3. The highest BCUT2D eigenvalue weighted by Crippen LogP contribution is 2.41. The lowest BCUT2D eigenvalue weighted by Gasteiger charge is -2.07. The van der Waals surface area contributed by atoms with Crippen LogP contribution in [-0.2, 0) is 0 Å². The summed E-state index contributed by atoms with van der Waals surface area (Å²) in [7, 11) is 3.29. The Labute approximate surface area is 175 Å². The molecule has 4 rings (SSSR count). The zero-order valence-corrected chi connectivity index (χ0v) is 17.8. The number of ketones is 1. The maximum Gasteiger partial charge on any atom is 0.195 e. The van der Waals surface area contributed by atoms with Gasteiger partial charge in [0.1, 0.15) is 11.5 Å². The van der Waals surface area contributed by atoms with E-state index in [4.69, 9.17) is 9.47 Å². The fourth-order valence-corrected chi connectivity index (χ4v) is 4.62. The van der Waals surface area contributed by atoms with Gasteiger partial charge < -0.3 is 9.47 Å². The molecular formula is C23H17BrO3S. The molecule has 0 fully saturated rings. The molecule has 0 N–H and O–H groups in total. The van der Waals surface area contributed by atoms with Crippen molar-refractivity contribution in [3.63, 3.8) is 0 Å². The third-order valence-corrected chi connectivity index (χ3v) is 6.31. The lowest BCUT2D eigenvalue weighted by Crippen LogP contribution is -2.02. The Hall–Kier alpha value is -2.63. The molecule has 1 aromatic heterocycles. The van der Waals surface area contributed by atoms with E-state index in [1.54, 1.807) is 25.6 Å².